The zero-order valence-corrected chi connectivity index (χ0v) is 8.18. The van der Waals surface area contributed by atoms with Gasteiger partial charge < -0.3 is 10.4 Å². The minimum atomic E-state index is -0.304. The van der Waals surface area contributed by atoms with E-state index in [4.69, 9.17) is 5.11 Å². The van der Waals surface area contributed by atoms with Crippen molar-refractivity contribution in [3.8, 4) is 0 Å². The molecule has 4 heteroatoms. The molecule has 0 spiro atoms. The minimum Gasteiger partial charge on any atom is -0.395 e. The van der Waals surface area contributed by atoms with Crippen molar-refractivity contribution in [3.63, 3.8) is 0 Å². The van der Waals surface area contributed by atoms with E-state index in [9.17, 15) is 9.59 Å². The first-order valence-corrected chi connectivity index (χ1v) is 4.08. The fraction of sp³-hybridized carbons (Fsp3) is 0.556. The Balaban J connectivity index is 4.40. The van der Waals surface area contributed by atoms with Crippen LogP contribution in [0.3, 0.4) is 0 Å². The lowest BCUT2D eigenvalue weighted by atomic mass is 10.1. The first-order chi connectivity index (χ1) is 6.00. The summed E-state index contributed by atoms with van der Waals surface area (Å²) < 4.78 is 0. The van der Waals surface area contributed by atoms with Crippen molar-refractivity contribution in [3.05, 3.63) is 11.1 Å². The number of carbonyl (C=O) groups excluding carboxylic acids is 2. The highest BCUT2D eigenvalue weighted by Crippen LogP contribution is 2.03. The summed E-state index contributed by atoms with van der Waals surface area (Å²) in [6.45, 7) is 4.72. The molecule has 0 rings (SSSR count). The highest BCUT2D eigenvalue weighted by molar-refractivity contribution is 6.03. The molecule has 0 aromatic heterocycles. The van der Waals surface area contributed by atoms with E-state index >= 15 is 0 Å². The molecule has 2 N–H and O–H groups in total. The van der Waals surface area contributed by atoms with Gasteiger partial charge in [-0.25, -0.2) is 0 Å². The number of nitrogens with one attached hydrogen (secondary N) is 1. The van der Waals surface area contributed by atoms with Crippen LogP contribution >= 0.6 is 0 Å². The number of carbonyl (C=O) groups is 2. The molecule has 0 heterocycles. The van der Waals surface area contributed by atoms with Crippen LogP contribution in [0.25, 0.3) is 0 Å². The van der Waals surface area contributed by atoms with Gasteiger partial charge in [0.15, 0.2) is 5.78 Å². The quantitative estimate of drug-likeness (QED) is 0.607. The standard InChI is InChI=1S/C9H15NO3/c1-6(8(3)12)7(2)9(13)10-4-5-11/h11H,4-5H2,1-3H3,(H,10,13)/b7-6-. The van der Waals surface area contributed by atoms with Crippen molar-refractivity contribution in [2.45, 2.75) is 20.8 Å². The van der Waals surface area contributed by atoms with Gasteiger partial charge in [0.05, 0.1) is 6.61 Å². The third-order valence-corrected chi connectivity index (χ3v) is 1.83. The van der Waals surface area contributed by atoms with E-state index in [-0.39, 0.29) is 24.8 Å². The molecule has 0 aliphatic carbocycles. The molecule has 0 radical (unpaired) electrons. The summed E-state index contributed by atoms with van der Waals surface area (Å²) in [7, 11) is 0. The molecule has 0 aliphatic rings. The molecule has 0 saturated carbocycles. The molecule has 4 nitrogen and oxygen atoms in total. The maximum atomic E-state index is 11.2. The summed E-state index contributed by atoms with van der Waals surface area (Å²) in [5.74, 6) is -0.418. The average Bonchev–Trinajstić information content (AvgIpc) is 2.11. The third kappa shape index (κ3) is 3.85. The first-order valence-electron chi connectivity index (χ1n) is 4.08. The summed E-state index contributed by atoms with van der Waals surface area (Å²) in [4.78, 5) is 22.1. The topological polar surface area (TPSA) is 66.4 Å². The largest absolute Gasteiger partial charge is 0.395 e. The van der Waals surface area contributed by atoms with Crippen LogP contribution in [0, 0.1) is 0 Å². The second kappa shape index (κ2) is 5.48. The first kappa shape index (κ1) is 11.8. The van der Waals surface area contributed by atoms with Crippen LogP contribution in [0.15, 0.2) is 11.1 Å². The van der Waals surface area contributed by atoms with Gasteiger partial charge in [0, 0.05) is 17.7 Å². The van der Waals surface area contributed by atoms with Gasteiger partial charge in [0.2, 0.25) is 5.91 Å². The maximum absolute atomic E-state index is 11.2. The van der Waals surface area contributed by atoms with Crippen molar-refractivity contribution >= 4 is 11.7 Å². The van der Waals surface area contributed by atoms with Crippen LogP contribution < -0.4 is 5.32 Å². The lowest BCUT2D eigenvalue weighted by Crippen LogP contribution is -2.28. The zero-order chi connectivity index (χ0) is 10.4. The molecule has 1 amide bonds. The van der Waals surface area contributed by atoms with Crippen LogP contribution in [-0.4, -0.2) is 29.9 Å². The molecule has 0 aromatic carbocycles. The number of aliphatic hydroxyl groups excluding tert-OH is 1. The molecule has 0 fully saturated rings. The fourth-order valence-corrected chi connectivity index (χ4v) is 0.736. The van der Waals surface area contributed by atoms with Crippen molar-refractivity contribution in [2.24, 2.45) is 0 Å². The molecule has 0 saturated heterocycles. The Bertz CT molecular complexity index is 243. The number of hydrogen-bond donors (Lipinski definition) is 2. The number of rotatable bonds is 4. The van der Waals surface area contributed by atoms with Crippen molar-refractivity contribution < 1.29 is 14.7 Å². The summed E-state index contributed by atoms with van der Waals surface area (Å²) in [5, 5.41) is 10.9. The van der Waals surface area contributed by atoms with Gasteiger partial charge in [-0.3, -0.25) is 9.59 Å². The Labute approximate surface area is 77.6 Å². The number of hydrogen-bond acceptors (Lipinski definition) is 3. The summed E-state index contributed by atoms with van der Waals surface area (Å²) in [5.41, 5.74) is 0.858. The van der Waals surface area contributed by atoms with E-state index in [1.54, 1.807) is 13.8 Å². The Morgan fingerprint density at radius 1 is 1.15 bits per heavy atom. The predicted molar refractivity (Wildman–Crippen MR) is 49.2 cm³/mol. The number of Topliss-reactive ketones (excluding diaryl/α,β-unsaturated/α-hetero) is 1. The van der Waals surface area contributed by atoms with E-state index in [0.29, 0.717) is 11.1 Å². The van der Waals surface area contributed by atoms with Gasteiger partial charge in [-0.1, -0.05) is 0 Å². The van der Waals surface area contributed by atoms with E-state index < -0.39 is 0 Å². The molecule has 74 valence electrons. The number of aliphatic hydroxyl groups is 1. The smallest absolute Gasteiger partial charge is 0.247 e. The highest BCUT2D eigenvalue weighted by atomic mass is 16.3. The summed E-state index contributed by atoms with van der Waals surface area (Å²) >= 11 is 0. The van der Waals surface area contributed by atoms with Crippen LogP contribution in [0.5, 0.6) is 0 Å². The second-order valence-electron chi connectivity index (χ2n) is 2.79. The average molecular weight is 185 g/mol. The number of ketones is 1. The van der Waals surface area contributed by atoms with Gasteiger partial charge >= 0.3 is 0 Å². The SMILES string of the molecule is CC(=O)/C(C)=C(/C)C(=O)NCCO. The highest BCUT2D eigenvalue weighted by Gasteiger charge is 2.09. The Morgan fingerprint density at radius 2 is 1.69 bits per heavy atom. The zero-order valence-electron chi connectivity index (χ0n) is 8.18. The minimum absolute atomic E-state index is 0.0991. The van der Waals surface area contributed by atoms with Crippen molar-refractivity contribution in [1.82, 2.24) is 5.32 Å². The normalized spacial score (nSPS) is 12.0. The Hall–Kier alpha value is -1.16. The van der Waals surface area contributed by atoms with Crippen LogP contribution in [-0.2, 0) is 9.59 Å². The molecular weight excluding hydrogens is 170 g/mol. The van der Waals surface area contributed by atoms with Gasteiger partial charge in [-0.2, -0.15) is 0 Å². The molecule has 0 bridgehead atoms. The lowest BCUT2D eigenvalue weighted by molar-refractivity contribution is -0.118. The summed E-state index contributed by atoms with van der Waals surface area (Å²) in [6, 6.07) is 0. The maximum Gasteiger partial charge on any atom is 0.247 e. The predicted octanol–water partition coefficient (Wildman–Crippen LogP) is 0.0203. The molecule has 0 aliphatic heterocycles. The second-order valence-corrected chi connectivity index (χ2v) is 2.79. The lowest BCUT2D eigenvalue weighted by Gasteiger charge is -2.05. The van der Waals surface area contributed by atoms with Gasteiger partial charge in [0.25, 0.3) is 0 Å². The number of amides is 1. The molecular formula is C9H15NO3. The molecule has 0 atom stereocenters. The van der Waals surface area contributed by atoms with E-state index in [1.807, 2.05) is 0 Å². The number of allylic oxidation sites excluding steroid dienone is 1. The van der Waals surface area contributed by atoms with Gasteiger partial charge in [-0.15, -0.1) is 0 Å². The molecule has 0 aromatic rings. The van der Waals surface area contributed by atoms with Gasteiger partial charge in [-0.05, 0) is 20.8 Å². The van der Waals surface area contributed by atoms with E-state index in [2.05, 4.69) is 5.32 Å². The monoisotopic (exact) mass is 185 g/mol. The Morgan fingerprint density at radius 3 is 2.08 bits per heavy atom. The fourth-order valence-electron chi connectivity index (χ4n) is 0.736. The van der Waals surface area contributed by atoms with Gasteiger partial charge in [0.1, 0.15) is 0 Å². The molecule has 13 heavy (non-hydrogen) atoms. The molecule has 0 unspecified atom stereocenters. The van der Waals surface area contributed by atoms with Crippen molar-refractivity contribution in [1.29, 1.82) is 0 Å². The Kier molecular flexibility index (Phi) is 4.99. The third-order valence-electron chi connectivity index (χ3n) is 1.83. The van der Waals surface area contributed by atoms with Crippen LogP contribution in [0.2, 0.25) is 0 Å². The van der Waals surface area contributed by atoms with Crippen molar-refractivity contribution in [2.75, 3.05) is 13.2 Å². The van der Waals surface area contributed by atoms with E-state index in [1.165, 1.54) is 6.92 Å². The van der Waals surface area contributed by atoms with Crippen LogP contribution in [0.1, 0.15) is 20.8 Å². The van der Waals surface area contributed by atoms with E-state index in [0.717, 1.165) is 0 Å². The summed E-state index contributed by atoms with van der Waals surface area (Å²) in [6.07, 6.45) is 0. The van der Waals surface area contributed by atoms with Crippen LogP contribution in [0.4, 0.5) is 0 Å².